The molecule has 0 fully saturated rings. The molecule has 1 unspecified atom stereocenters. The lowest BCUT2D eigenvalue weighted by molar-refractivity contribution is 0.0918. The third-order valence-corrected chi connectivity index (χ3v) is 3.67. The molecular weight excluding hydrogens is 264 g/mol. The van der Waals surface area contributed by atoms with Crippen LogP contribution in [0.25, 0.3) is 10.9 Å². The van der Waals surface area contributed by atoms with Crippen LogP contribution in [0.5, 0.6) is 0 Å². The molecule has 1 aromatic heterocycles. The molecule has 0 aliphatic heterocycles. The number of carbonyl (C=O) groups is 1. The molecule has 2 rings (SSSR count). The van der Waals surface area contributed by atoms with E-state index in [1.54, 1.807) is 6.07 Å². The third-order valence-electron chi connectivity index (χ3n) is 3.67. The molecule has 0 spiro atoms. The zero-order chi connectivity index (χ0) is 15.4. The highest BCUT2D eigenvalue weighted by Crippen LogP contribution is 2.18. The summed E-state index contributed by atoms with van der Waals surface area (Å²) in [6.45, 7) is 6.05. The molecule has 1 atom stereocenters. The zero-order valence-electron chi connectivity index (χ0n) is 12.8. The number of pyridine rings is 1. The summed E-state index contributed by atoms with van der Waals surface area (Å²) >= 11 is 0. The molecule has 21 heavy (non-hydrogen) atoms. The molecule has 1 heterocycles. The fourth-order valence-corrected chi connectivity index (χ4v) is 2.39. The second kappa shape index (κ2) is 6.68. The van der Waals surface area contributed by atoms with E-state index in [2.05, 4.69) is 10.3 Å². The maximum atomic E-state index is 12.5. The molecule has 0 saturated carbocycles. The Bertz CT molecular complexity index is 638. The summed E-state index contributed by atoms with van der Waals surface area (Å²) in [5, 5.41) is 13.1. The molecule has 2 N–H and O–H groups in total. The average Bonchev–Trinajstić information content (AvgIpc) is 2.45. The maximum Gasteiger partial charge on any atom is 0.253 e. The van der Waals surface area contributed by atoms with Gasteiger partial charge < -0.3 is 10.4 Å². The van der Waals surface area contributed by atoms with Gasteiger partial charge in [-0.3, -0.25) is 9.78 Å². The number of aliphatic hydroxyl groups excluding tert-OH is 1. The molecule has 2 aromatic rings. The van der Waals surface area contributed by atoms with E-state index in [1.807, 2.05) is 45.0 Å². The van der Waals surface area contributed by atoms with E-state index in [-0.39, 0.29) is 24.5 Å². The number of aryl methyl sites for hydroxylation is 1. The quantitative estimate of drug-likeness (QED) is 0.888. The smallest absolute Gasteiger partial charge is 0.253 e. The number of aromatic nitrogens is 1. The molecule has 0 bridgehead atoms. The second-order valence-electron chi connectivity index (χ2n) is 5.67. The van der Waals surface area contributed by atoms with Crippen LogP contribution in [-0.2, 0) is 0 Å². The number of nitrogens with zero attached hydrogens (tertiary/aromatic N) is 1. The van der Waals surface area contributed by atoms with Gasteiger partial charge in [0.15, 0.2) is 0 Å². The van der Waals surface area contributed by atoms with Crippen molar-refractivity contribution in [1.82, 2.24) is 10.3 Å². The minimum absolute atomic E-state index is 0.0393. The SMILES string of the molecule is Cc1ccc2cccc(C(=O)NC(CCO)C(C)C)c2n1. The topological polar surface area (TPSA) is 62.2 Å². The van der Waals surface area contributed by atoms with Gasteiger partial charge in [0, 0.05) is 23.7 Å². The van der Waals surface area contributed by atoms with Gasteiger partial charge in [-0.1, -0.05) is 32.0 Å². The Morgan fingerprint density at radius 1 is 1.29 bits per heavy atom. The molecule has 1 amide bonds. The zero-order valence-corrected chi connectivity index (χ0v) is 12.8. The second-order valence-corrected chi connectivity index (χ2v) is 5.67. The van der Waals surface area contributed by atoms with E-state index >= 15 is 0 Å². The maximum absolute atomic E-state index is 12.5. The minimum atomic E-state index is -0.133. The highest BCUT2D eigenvalue weighted by molar-refractivity contribution is 6.05. The number of para-hydroxylation sites is 1. The first-order valence-electron chi connectivity index (χ1n) is 7.31. The largest absolute Gasteiger partial charge is 0.396 e. The van der Waals surface area contributed by atoms with E-state index in [0.717, 1.165) is 16.6 Å². The summed E-state index contributed by atoms with van der Waals surface area (Å²) in [5.41, 5.74) is 2.19. The van der Waals surface area contributed by atoms with Crippen LogP contribution >= 0.6 is 0 Å². The number of nitrogens with one attached hydrogen (secondary N) is 1. The number of rotatable bonds is 5. The number of hydrogen-bond donors (Lipinski definition) is 2. The molecule has 0 saturated heterocycles. The number of amides is 1. The Morgan fingerprint density at radius 2 is 2.05 bits per heavy atom. The fraction of sp³-hybridized carbons (Fsp3) is 0.412. The Kier molecular flexibility index (Phi) is 4.91. The number of carbonyl (C=O) groups excluding carboxylic acids is 1. The summed E-state index contributed by atoms with van der Waals surface area (Å²) in [5.74, 6) is 0.136. The Hall–Kier alpha value is -1.94. The first kappa shape index (κ1) is 15.4. The van der Waals surface area contributed by atoms with Gasteiger partial charge in [0.1, 0.15) is 0 Å². The summed E-state index contributed by atoms with van der Waals surface area (Å²) in [7, 11) is 0. The molecule has 112 valence electrons. The van der Waals surface area contributed by atoms with Gasteiger partial charge in [-0.25, -0.2) is 0 Å². The lowest BCUT2D eigenvalue weighted by atomic mass is 10.0. The summed E-state index contributed by atoms with van der Waals surface area (Å²) < 4.78 is 0. The molecule has 0 radical (unpaired) electrons. The lowest BCUT2D eigenvalue weighted by Crippen LogP contribution is -2.39. The molecule has 0 aliphatic rings. The van der Waals surface area contributed by atoms with Crippen LogP contribution in [0.4, 0.5) is 0 Å². The van der Waals surface area contributed by atoms with E-state index < -0.39 is 0 Å². The van der Waals surface area contributed by atoms with Gasteiger partial charge >= 0.3 is 0 Å². The summed E-state index contributed by atoms with van der Waals surface area (Å²) in [6, 6.07) is 9.48. The van der Waals surface area contributed by atoms with Crippen LogP contribution in [0.3, 0.4) is 0 Å². The van der Waals surface area contributed by atoms with Gasteiger partial charge in [0.05, 0.1) is 11.1 Å². The van der Waals surface area contributed by atoms with Crippen molar-refractivity contribution in [1.29, 1.82) is 0 Å². The predicted octanol–water partition coefficient (Wildman–Crippen LogP) is 2.68. The fourth-order valence-electron chi connectivity index (χ4n) is 2.39. The minimum Gasteiger partial charge on any atom is -0.396 e. The van der Waals surface area contributed by atoms with Crippen molar-refractivity contribution < 1.29 is 9.90 Å². The van der Waals surface area contributed by atoms with Crippen molar-refractivity contribution >= 4 is 16.8 Å². The van der Waals surface area contributed by atoms with Crippen LogP contribution in [0.2, 0.25) is 0 Å². The predicted molar refractivity (Wildman–Crippen MR) is 84.3 cm³/mol. The van der Waals surface area contributed by atoms with Crippen molar-refractivity contribution in [3.8, 4) is 0 Å². The first-order valence-corrected chi connectivity index (χ1v) is 7.31. The van der Waals surface area contributed by atoms with Crippen molar-refractivity contribution in [2.75, 3.05) is 6.61 Å². The van der Waals surface area contributed by atoms with Crippen LogP contribution in [0.15, 0.2) is 30.3 Å². The van der Waals surface area contributed by atoms with Gasteiger partial charge in [-0.15, -0.1) is 0 Å². The van der Waals surface area contributed by atoms with Crippen molar-refractivity contribution in [2.24, 2.45) is 5.92 Å². The first-order chi connectivity index (χ1) is 10.0. The Morgan fingerprint density at radius 3 is 2.71 bits per heavy atom. The van der Waals surface area contributed by atoms with Crippen LogP contribution in [0, 0.1) is 12.8 Å². The van der Waals surface area contributed by atoms with Gasteiger partial charge in [-0.2, -0.15) is 0 Å². The van der Waals surface area contributed by atoms with Crippen LogP contribution in [-0.4, -0.2) is 28.6 Å². The molecule has 1 aromatic carbocycles. The van der Waals surface area contributed by atoms with Gasteiger partial charge in [0.25, 0.3) is 5.91 Å². The molecule has 0 aliphatic carbocycles. The molecular formula is C17H22N2O2. The van der Waals surface area contributed by atoms with Crippen molar-refractivity contribution in [3.05, 3.63) is 41.6 Å². The highest BCUT2D eigenvalue weighted by atomic mass is 16.3. The van der Waals surface area contributed by atoms with Crippen LogP contribution in [0.1, 0.15) is 36.3 Å². The Labute approximate surface area is 125 Å². The van der Waals surface area contributed by atoms with Crippen molar-refractivity contribution in [3.63, 3.8) is 0 Å². The van der Waals surface area contributed by atoms with E-state index in [1.165, 1.54) is 0 Å². The standard InChI is InChI=1S/C17H22N2O2/c1-11(2)15(9-10-20)19-17(21)14-6-4-5-13-8-7-12(3)18-16(13)14/h4-8,11,15,20H,9-10H2,1-3H3,(H,19,21). The van der Waals surface area contributed by atoms with Crippen LogP contribution < -0.4 is 5.32 Å². The molecule has 4 heteroatoms. The Balaban J connectivity index is 2.32. The third kappa shape index (κ3) is 3.58. The molecule has 4 nitrogen and oxygen atoms in total. The number of fused-ring (bicyclic) bond motifs is 1. The summed E-state index contributed by atoms with van der Waals surface area (Å²) in [6.07, 6.45) is 0.556. The van der Waals surface area contributed by atoms with E-state index in [0.29, 0.717) is 12.0 Å². The van der Waals surface area contributed by atoms with Crippen molar-refractivity contribution in [2.45, 2.75) is 33.2 Å². The average molecular weight is 286 g/mol. The normalized spacial score (nSPS) is 12.6. The highest BCUT2D eigenvalue weighted by Gasteiger charge is 2.18. The number of benzene rings is 1. The number of hydrogen-bond acceptors (Lipinski definition) is 3. The van der Waals surface area contributed by atoms with Gasteiger partial charge in [0.2, 0.25) is 0 Å². The van der Waals surface area contributed by atoms with Gasteiger partial charge in [-0.05, 0) is 31.4 Å². The van der Waals surface area contributed by atoms with E-state index in [4.69, 9.17) is 5.11 Å². The monoisotopic (exact) mass is 286 g/mol. The summed E-state index contributed by atoms with van der Waals surface area (Å²) in [4.78, 5) is 17.0. The van der Waals surface area contributed by atoms with E-state index in [9.17, 15) is 4.79 Å². The number of aliphatic hydroxyl groups is 1. The lowest BCUT2D eigenvalue weighted by Gasteiger charge is -2.21.